The molecule has 4 nitrogen and oxygen atoms in total. The molecule has 1 fully saturated rings. The van der Waals surface area contributed by atoms with E-state index in [0.717, 1.165) is 25.1 Å². The number of nitro groups is 1. The van der Waals surface area contributed by atoms with Gasteiger partial charge in [-0.1, -0.05) is 25.5 Å². The van der Waals surface area contributed by atoms with Gasteiger partial charge in [-0.3, -0.25) is 15.0 Å². The van der Waals surface area contributed by atoms with E-state index in [0.29, 0.717) is 11.6 Å². The zero-order valence-electron chi connectivity index (χ0n) is 12.7. The minimum atomic E-state index is -0.335. The van der Waals surface area contributed by atoms with Crippen molar-refractivity contribution in [1.29, 1.82) is 0 Å². The van der Waals surface area contributed by atoms with E-state index in [1.165, 1.54) is 19.3 Å². The Balaban J connectivity index is 2.10. The summed E-state index contributed by atoms with van der Waals surface area (Å²) in [6.45, 7) is 5.81. The molecule has 1 aromatic carbocycles. The van der Waals surface area contributed by atoms with Gasteiger partial charge in [-0.2, -0.15) is 0 Å². The van der Waals surface area contributed by atoms with Gasteiger partial charge < -0.3 is 0 Å². The summed E-state index contributed by atoms with van der Waals surface area (Å²) >= 11 is 6.53. The Hall–Kier alpha value is -1.13. The van der Waals surface area contributed by atoms with Crippen molar-refractivity contribution in [2.45, 2.75) is 50.9 Å². The molecule has 0 N–H and O–H groups in total. The van der Waals surface area contributed by atoms with Gasteiger partial charge in [0.1, 0.15) is 0 Å². The molecule has 116 valence electrons. The third-order valence-corrected chi connectivity index (χ3v) is 4.80. The van der Waals surface area contributed by atoms with Gasteiger partial charge in [-0.05, 0) is 38.3 Å². The summed E-state index contributed by atoms with van der Waals surface area (Å²) in [6, 6.07) is 5.92. The Morgan fingerprint density at radius 3 is 2.90 bits per heavy atom. The molecular formula is C16H23ClN2O2. The number of halogens is 1. The van der Waals surface area contributed by atoms with Crippen molar-refractivity contribution in [2.24, 2.45) is 0 Å². The summed E-state index contributed by atoms with van der Waals surface area (Å²) < 4.78 is 0. The first kappa shape index (κ1) is 16.2. The van der Waals surface area contributed by atoms with Crippen LogP contribution in [0.1, 0.15) is 49.1 Å². The number of likely N-dealkylation sites (tertiary alicyclic amines) is 1. The van der Waals surface area contributed by atoms with Crippen molar-refractivity contribution in [3.8, 4) is 0 Å². The van der Waals surface area contributed by atoms with E-state index in [1.807, 2.05) is 6.07 Å². The van der Waals surface area contributed by atoms with E-state index in [2.05, 4.69) is 11.8 Å². The van der Waals surface area contributed by atoms with Crippen LogP contribution in [0.2, 0.25) is 0 Å². The Kier molecular flexibility index (Phi) is 5.59. The van der Waals surface area contributed by atoms with Crippen LogP contribution in [-0.4, -0.2) is 29.0 Å². The molecule has 0 radical (unpaired) electrons. The van der Waals surface area contributed by atoms with E-state index < -0.39 is 0 Å². The molecule has 21 heavy (non-hydrogen) atoms. The van der Waals surface area contributed by atoms with Crippen molar-refractivity contribution >= 4 is 17.3 Å². The molecule has 0 amide bonds. The second kappa shape index (κ2) is 7.23. The van der Waals surface area contributed by atoms with Crippen molar-refractivity contribution in [2.75, 3.05) is 13.1 Å². The summed E-state index contributed by atoms with van der Waals surface area (Å²) in [5.74, 6) is 0. The van der Waals surface area contributed by atoms with Gasteiger partial charge >= 0.3 is 0 Å². The summed E-state index contributed by atoms with van der Waals surface area (Å²) in [5, 5.41) is 10.8. The highest BCUT2D eigenvalue weighted by Gasteiger charge is 2.24. The molecule has 1 heterocycles. The molecule has 1 aliphatic heterocycles. The lowest BCUT2D eigenvalue weighted by atomic mass is 9.99. The molecule has 2 unspecified atom stereocenters. The minimum absolute atomic E-state index is 0.156. The number of hydrogen-bond acceptors (Lipinski definition) is 3. The van der Waals surface area contributed by atoms with Gasteiger partial charge in [0.15, 0.2) is 0 Å². The number of rotatable bonds is 5. The van der Waals surface area contributed by atoms with Crippen LogP contribution in [0.5, 0.6) is 0 Å². The highest BCUT2D eigenvalue weighted by molar-refractivity contribution is 6.21. The average molecular weight is 311 g/mol. The SMILES string of the molecule is CCC1CCCCN1CC(Cl)c1ccc(C)c([N+](=O)[O-])c1. The van der Waals surface area contributed by atoms with Crippen LogP contribution in [0, 0.1) is 17.0 Å². The lowest BCUT2D eigenvalue weighted by Crippen LogP contribution is -2.40. The van der Waals surface area contributed by atoms with Crippen LogP contribution in [0.15, 0.2) is 18.2 Å². The highest BCUT2D eigenvalue weighted by atomic mass is 35.5. The molecule has 0 bridgehead atoms. The Morgan fingerprint density at radius 2 is 2.24 bits per heavy atom. The monoisotopic (exact) mass is 310 g/mol. The number of benzene rings is 1. The predicted molar refractivity (Wildman–Crippen MR) is 85.9 cm³/mol. The van der Waals surface area contributed by atoms with Gasteiger partial charge in [0.05, 0.1) is 10.3 Å². The molecule has 1 aromatic rings. The zero-order valence-corrected chi connectivity index (χ0v) is 13.5. The maximum Gasteiger partial charge on any atom is 0.272 e. The van der Waals surface area contributed by atoms with Gasteiger partial charge in [-0.25, -0.2) is 0 Å². The fourth-order valence-corrected chi connectivity index (χ4v) is 3.40. The van der Waals surface area contributed by atoms with E-state index in [-0.39, 0.29) is 16.0 Å². The number of piperidine rings is 1. The van der Waals surface area contributed by atoms with Crippen LogP contribution in [0.4, 0.5) is 5.69 Å². The van der Waals surface area contributed by atoms with E-state index >= 15 is 0 Å². The fraction of sp³-hybridized carbons (Fsp3) is 0.625. The quantitative estimate of drug-likeness (QED) is 0.458. The molecule has 2 rings (SSSR count). The highest BCUT2D eigenvalue weighted by Crippen LogP contribution is 2.30. The van der Waals surface area contributed by atoms with Crippen LogP contribution in [-0.2, 0) is 0 Å². The van der Waals surface area contributed by atoms with Gasteiger partial charge in [0, 0.05) is 24.2 Å². The van der Waals surface area contributed by atoms with E-state index in [4.69, 9.17) is 11.6 Å². The van der Waals surface area contributed by atoms with Crippen LogP contribution in [0.25, 0.3) is 0 Å². The molecule has 1 aliphatic rings. The summed E-state index contributed by atoms with van der Waals surface area (Å²) in [4.78, 5) is 13.1. The molecule has 1 saturated heterocycles. The lowest BCUT2D eigenvalue weighted by molar-refractivity contribution is -0.385. The van der Waals surface area contributed by atoms with Crippen molar-refractivity contribution in [3.63, 3.8) is 0 Å². The first-order valence-corrected chi connectivity index (χ1v) is 8.09. The molecule has 0 aromatic heterocycles. The maximum absolute atomic E-state index is 11.0. The van der Waals surface area contributed by atoms with Crippen LogP contribution in [0.3, 0.4) is 0 Å². The number of aryl methyl sites for hydroxylation is 1. The molecule has 0 saturated carbocycles. The standard InChI is InChI=1S/C16H23ClN2O2/c1-3-14-6-4-5-9-18(14)11-15(17)13-8-7-12(2)16(10-13)19(20)21/h7-8,10,14-15H,3-6,9,11H2,1-2H3. The first-order chi connectivity index (χ1) is 10.0. The number of nitro benzene ring substituents is 1. The topological polar surface area (TPSA) is 46.4 Å². The number of nitrogens with zero attached hydrogens (tertiary/aromatic N) is 2. The third-order valence-electron chi connectivity index (χ3n) is 4.41. The minimum Gasteiger partial charge on any atom is -0.299 e. The van der Waals surface area contributed by atoms with Crippen molar-refractivity contribution in [3.05, 3.63) is 39.4 Å². The second-order valence-corrected chi connectivity index (χ2v) is 6.35. The predicted octanol–water partition coefficient (Wildman–Crippen LogP) is 4.45. The van der Waals surface area contributed by atoms with Crippen LogP contribution < -0.4 is 0 Å². The third kappa shape index (κ3) is 3.95. The lowest BCUT2D eigenvalue weighted by Gasteiger charge is -2.36. The number of hydrogen-bond donors (Lipinski definition) is 0. The zero-order chi connectivity index (χ0) is 15.4. The number of alkyl halides is 1. The fourth-order valence-electron chi connectivity index (χ4n) is 3.09. The van der Waals surface area contributed by atoms with Crippen molar-refractivity contribution < 1.29 is 4.92 Å². The second-order valence-electron chi connectivity index (χ2n) is 5.82. The average Bonchev–Trinajstić information content (AvgIpc) is 2.47. The van der Waals surface area contributed by atoms with E-state index in [9.17, 15) is 10.1 Å². The van der Waals surface area contributed by atoms with Gasteiger partial charge in [-0.15, -0.1) is 11.6 Å². The summed E-state index contributed by atoms with van der Waals surface area (Å²) in [5.41, 5.74) is 1.68. The normalized spacial score (nSPS) is 21.2. The summed E-state index contributed by atoms with van der Waals surface area (Å²) in [6.07, 6.45) is 4.87. The first-order valence-electron chi connectivity index (χ1n) is 7.66. The van der Waals surface area contributed by atoms with Gasteiger partial charge in [0.2, 0.25) is 0 Å². The largest absolute Gasteiger partial charge is 0.299 e. The van der Waals surface area contributed by atoms with Gasteiger partial charge in [0.25, 0.3) is 5.69 Å². The Morgan fingerprint density at radius 1 is 1.48 bits per heavy atom. The van der Waals surface area contributed by atoms with Crippen molar-refractivity contribution in [1.82, 2.24) is 4.90 Å². The Bertz CT molecular complexity index is 507. The Labute approximate surface area is 131 Å². The molecule has 0 spiro atoms. The molecule has 2 atom stereocenters. The molecule has 0 aliphatic carbocycles. The molecular weight excluding hydrogens is 288 g/mol. The van der Waals surface area contributed by atoms with Crippen LogP contribution >= 0.6 is 11.6 Å². The molecule has 5 heteroatoms. The van der Waals surface area contributed by atoms with E-state index in [1.54, 1.807) is 19.1 Å². The smallest absolute Gasteiger partial charge is 0.272 e. The summed E-state index contributed by atoms with van der Waals surface area (Å²) in [7, 11) is 0. The maximum atomic E-state index is 11.0.